The molecule has 0 atom stereocenters. The lowest BCUT2D eigenvalue weighted by Crippen LogP contribution is -2.16. The van der Waals surface area contributed by atoms with Gasteiger partial charge in [0.1, 0.15) is 18.0 Å². The summed E-state index contributed by atoms with van der Waals surface area (Å²) >= 11 is 0. The Bertz CT molecular complexity index is 1280. The molecule has 2 aromatic carbocycles. The first-order valence-electron chi connectivity index (χ1n) is 8.54. The molecule has 4 aromatic rings. The standard InChI is InChI=1S/C21H16N2O4S/c24-21-14-16(22-20-8-4-5-13-23(20)21)15-27-17-9-11-19(12-10-17)28(25,26)18-6-2-1-3-7-18/h1-14H,15H2. The van der Waals surface area contributed by atoms with Gasteiger partial charge in [-0.3, -0.25) is 9.20 Å². The molecule has 0 bridgehead atoms. The molecular formula is C21H16N2O4S. The quantitative estimate of drug-likeness (QED) is 0.522. The smallest absolute Gasteiger partial charge is 0.258 e. The van der Waals surface area contributed by atoms with Crippen molar-refractivity contribution in [1.82, 2.24) is 9.38 Å². The molecule has 0 unspecified atom stereocenters. The fourth-order valence-corrected chi connectivity index (χ4v) is 4.07. The highest BCUT2D eigenvalue weighted by Gasteiger charge is 2.17. The van der Waals surface area contributed by atoms with Crippen LogP contribution in [-0.4, -0.2) is 17.8 Å². The molecule has 140 valence electrons. The first-order chi connectivity index (χ1) is 13.5. The highest BCUT2D eigenvalue weighted by atomic mass is 32.2. The zero-order chi connectivity index (χ0) is 19.6. The van der Waals surface area contributed by atoms with Crippen molar-refractivity contribution >= 4 is 15.5 Å². The molecule has 0 spiro atoms. The van der Waals surface area contributed by atoms with Crippen molar-refractivity contribution in [3.63, 3.8) is 0 Å². The van der Waals surface area contributed by atoms with E-state index in [4.69, 9.17) is 4.74 Å². The SMILES string of the molecule is O=c1cc(COc2ccc(S(=O)(=O)c3ccccc3)cc2)nc2ccccn12. The van der Waals surface area contributed by atoms with Gasteiger partial charge in [-0.15, -0.1) is 0 Å². The third-order valence-electron chi connectivity index (χ3n) is 4.20. The van der Waals surface area contributed by atoms with Crippen molar-refractivity contribution in [3.8, 4) is 5.75 Å². The third-order valence-corrected chi connectivity index (χ3v) is 5.98. The summed E-state index contributed by atoms with van der Waals surface area (Å²) in [5, 5.41) is 0. The van der Waals surface area contributed by atoms with E-state index in [2.05, 4.69) is 4.98 Å². The Morgan fingerprint density at radius 3 is 2.29 bits per heavy atom. The number of benzene rings is 2. The van der Waals surface area contributed by atoms with Crippen molar-refractivity contribution in [3.05, 3.63) is 101 Å². The van der Waals surface area contributed by atoms with Crippen LogP contribution in [0.3, 0.4) is 0 Å². The first kappa shape index (κ1) is 17.9. The van der Waals surface area contributed by atoms with Crippen molar-refractivity contribution in [2.75, 3.05) is 0 Å². The largest absolute Gasteiger partial charge is 0.487 e. The van der Waals surface area contributed by atoms with Gasteiger partial charge in [-0.25, -0.2) is 13.4 Å². The summed E-state index contributed by atoms with van der Waals surface area (Å²) in [5.74, 6) is 0.488. The van der Waals surface area contributed by atoms with E-state index < -0.39 is 9.84 Å². The zero-order valence-electron chi connectivity index (χ0n) is 14.7. The predicted octanol–water partition coefficient (Wildman–Crippen LogP) is 3.11. The van der Waals surface area contributed by atoms with Gasteiger partial charge in [0.05, 0.1) is 15.5 Å². The molecule has 0 N–H and O–H groups in total. The third kappa shape index (κ3) is 3.52. The Kier molecular flexibility index (Phi) is 4.67. The fraction of sp³-hybridized carbons (Fsp3) is 0.0476. The van der Waals surface area contributed by atoms with E-state index in [1.54, 1.807) is 66.9 Å². The normalized spacial score (nSPS) is 11.4. The molecule has 6 nitrogen and oxygen atoms in total. The van der Waals surface area contributed by atoms with Crippen LogP contribution in [0, 0.1) is 0 Å². The Hall–Kier alpha value is -3.45. The minimum Gasteiger partial charge on any atom is -0.487 e. The highest BCUT2D eigenvalue weighted by Crippen LogP contribution is 2.23. The minimum absolute atomic E-state index is 0.103. The molecule has 0 aliphatic heterocycles. The second-order valence-electron chi connectivity index (χ2n) is 6.09. The van der Waals surface area contributed by atoms with Crippen LogP contribution in [0.1, 0.15) is 5.69 Å². The fourth-order valence-electron chi connectivity index (χ4n) is 2.78. The molecule has 0 aliphatic rings. The molecule has 0 fully saturated rings. The van der Waals surface area contributed by atoms with Crippen LogP contribution in [0.5, 0.6) is 5.75 Å². The van der Waals surface area contributed by atoms with Gasteiger partial charge in [0, 0.05) is 12.3 Å². The van der Waals surface area contributed by atoms with Crippen LogP contribution in [0.15, 0.2) is 99.6 Å². The van der Waals surface area contributed by atoms with E-state index in [-0.39, 0.29) is 22.0 Å². The van der Waals surface area contributed by atoms with Gasteiger partial charge in [0.25, 0.3) is 5.56 Å². The summed E-state index contributed by atoms with van der Waals surface area (Å²) in [7, 11) is -3.56. The van der Waals surface area contributed by atoms with E-state index in [9.17, 15) is 13.2 Å². The summed E-state index contributed by atoms with van der Waals surface area (Å²) in [6.07, 6.45) is 1.65. The number of ether oxygens (including phenoxy) is 1. The predicted molar refractivity (Wildman–Crippen MR) is 104 cm³/mol. The van der Waals surface area contributed by atoms with E-state index >= 15 is 0 Å². The first-order valence-corrected chi connectivity index (χ1v) is 10.0. The average molecular weight is 392 g/mol. The number of aromatic nitrogens is 2. The van der Waals surface area contributed by atoms with Crippen LogP contribution >= 0.6 is 0 Å². The summed E-state index contributed by atoms with van der Waals surface area (Å²) in [5.41, 5.74) is 0.851. The van der Waals surface area contributed by atoms with Crippen LogP contribution in [0.2, 0.25) is 0 Å². The Morgan fingerprint density at radius 1 is 0.857 bits per heavy atom. The zero-order valence-corrected chi connectivity index (χ0v) is 15.5. The van der Waals surface area contributed by atoms with Crippen molar-refractivity contribution in [2.45, 2.75) is 16.4 Å². The van der Waals surface area contributed by atoms with E-state index in [1.165, 1.54) is 22.6 Å². The molecule has 28 heavy (non-hydrogen) atoms. The lowest BCUT2D eigenvalue weighted by Gasteiger charge is -2.08. The van der Waals surface area contributed by atoms with Crippen LogP contribution < -0.4 is 10.3 Å². The molecule has 0 saturated carbocycles. The molecule has 0 aliphatic carbocycles. The van der Waals surface area contributed by atoms with Gasteiger partial charge in [0.2, 0.25) is 9.84 Å². The molecule has 0 saturated heterocycles. The van der Waals surface area contributed by atoms with Crippen LogP contribution in [-0.2, 0) is 16.4 Å². The van der Waals surface area contributed by atoms with Gasteiger partial charge in [-0.2, -0.15) is 0 Å². The van der Waals surface area contributed by atoms with Gasteiger partial charge in [0.15, 0.2) is 0 Å². The maximum atomic E-state index is 12.6. The summed E-state index contributed by atoms with van der Waals surface area (Å²) in [4.78, 5) is 16.9. The Balaban J connectivity index is 1.52. The lowest BCUT2D eigenvalue weighted by molar-refractivity contribution is 0.301. The van der Waals surface area contributed by atoms with Gasteiger partial charge in [-0.1, -0.05) is 24.3 Å². The van der Waals surface area contributed by atoms with Gasteiger partial charge < -0.3 is 4.74 Å². The van der Waals surface area contributed by atoms with Crippen molar-refractivity contribution in [2.24, 2.45) is 0 Å². The van der Waals surface area contributed by atoms with E-state index in [0.717, 1.165) is 0 Å². The number of hydrogen-bond acceptors (Lipinski definition) is 5. The molecular weight excluding hydrogens is 376 g/mol. The lowest BCUT2D eigenvalue weighted by atomic mass is 10.3. The monoisotopic (exact) mass is 392 g/mol. The maximum absolute atomic E-state index is 12.6. The molecule has 0 radical (unpaired) electrons. The Labute approximate surface area is 161 Å². The highest BCUT2D eigenvalue weighted by molar-refractivity contribution is 7.91. The molecule has 2 aromatic heterocycles. The molecule has 0 amide bonds. The number of sulfone groups is 1. The minimum atomic E-state index is -3.56. The summed E-state index contributed by atoms with van der Waals surface area (Å²) in [6, 6.07) is 21.2. The topological polar surface area (TPSA) is 77.7 Å². The summed E-state index contributed by atoms with van der Waals surface area (Å²) < 4.78 is 32.3. The van der Waals surface area contributed by atoms with Gasteiger partial charge in [-0.05, 0) is 48.5 Å². The second-order valence-corrected chi connectivity index (χ2v) is 8.04. The van der Waals surface area contributed by atoms with Crippen LogP contribution in [0.4, 0.5) is 0 Å². The number of hydrogen-bond donors (Lipinski definition) is 0. The van der Waals surface area contributed by atoms with Crippen molar-refractivity contribution in [1.29, 1.82) is 0 Å². The van der Waals surface area contributed by atoms with E-state index in [0.29, 0.717) is 17.1 Å². The number of rotatable bonds is 5. The molecule has 4 rings (SSSR count). The molecule has 2 heterocycles. The second kappa shape index (κ2) is 7.28. The van der Waals surface area contributed by atoms with Crippen molar-refractivity contribution < 1.29 is 13.2 Å². The van der Waals surface area contributed by atoms with Gasteiger partial charge >= 0.3 is 0 Å². The molecule has 7 heteroatoms. The van der Waals surface area contributed by atoms with Crippen LogP contribution in [0.25, 0.3) is 5.65 Å². The average Bonchev–Trinajstić information content (AvgIpc) is 2.73. The number of pyridine rings is 1. The number of nitrogens with zero attached hydrogens (tertiary/aromatic N) is 2. The van der Waals surface area contributed by atoms with E-state index in [1.807, 2.05) is 0 Å². The summed E-state index contributed by atoms with van der Waals surface area (Å²) in [6.45, 7) is 0.103. The number of fused-ring (bicyclic) bond motifs is 1. The maximum Gasteiger partial charge on any atom is 0.258 e. The Morgan fingerprint density at radius 2 is 1.54 bits per heavy atom.